The molecule has 0 saturated heterocycles. The molecule has 2 aliphatic carbocycles. The molecule has 128 valence electrons. The van der Waals surface area contributed by atoms with Crippen molar-refractivity contribution in [3.8, 4) is 0 Å². The molecule has 23 heavy (non-hydrogen) atoms. The summed E-state index contributed by atoms with van der Waals surface area (Å²) in [5.41, 5.74) is 0. The zero-order valence-electron chi connectivity index (χ0n) is 12.0. The molecule has 2 saturated carbocycles. The van der Waals surface area contributed by atoms with E-state index in [0.717, 1.165) is 0 Å². The van der Waals surface area contributed by atoms with Crippen molar-refractivity contribution in [2.75, 3.05) is 0 Å². The van der Waals surface area contributed by atoms with Gasteiger partial charge in [0.1, 0.15) is 11.6 Å². The highest BCUT2D eigenvalue weighted by Gasteiger charge is 2.54. The van der Waals surface area contributed by atoms with Crippen LogP contribution >= 0.6 is 31.9 Å². The molecule has 0 heterocycles. The molecule has 0 aromatic carbocycles. The molecule has 0 aliphatic heterocycles. The summed E-state index contributed by atoms with van der Waals surface area (Å²) in [7, 11) is 0. The summed E-state index contributed by atoms with van der Waals surface area (Å²) in [5, 5.41) is 1.94. The Labute approximate surface area is 148 Å². The van der Waals surface area contributed by atoms with Crippen molar-refractivity contribution in [2.45, 2.75) is 47.7 Å². The maximum atomic E-state index is 13.2. The van der Waals surface area contributed by atoms with Gasteiger partial charge in [-0.25, -0.2) is 8.78 Å². The molecule has 0 spiro atoms. The second-order valence-electron chi connectivity index (χ2n) is 6.13. The van der Waals surface area contributed by atoms with E-state index in [9.17, 15) is 28.0 Å². The third kappa shape index (κ3) is 5.70. The SMILES string of the molecule is O=C(CC(=O)NC(=O)CC(=O)CC1CC1(F)Br)CC1CC1(F)Br. The van der Waals surface area contributed by atoms with E-state index in [0.29, 0.717) is 0 Å². The van der Waals surface area contributed by atoms with E-state index in [1.807, 2.05) is 5.32 Å². The van der Waals surface area contributed by atoms with Crippen molar-refractivity contribution in [2.24, 2.45) is 11.8 Å². The summed E-state index contributed by atoms with van der Waals surface area (Å²) in [4.78, 5) is 46.1. The molecule has 0 aromatic heterocycles. The van der Waals surface area contributed by atoms with Gasteiger partial charge >= 0.3 is 0 Å². The van der Waals surface area contributed by atoms with Gasteiger partial charge in [-0.05, 0) is 44.7 Å². The number of carbonyl (C=O) groups is 4. The average Bonchev–Trinajstić information content (AvgIpc) is 3.13. The number of rotatable bonds is 8. The second kappa shape index (κ2) is 6.66. The number of carbonyl (C=O) groups excluding carboxylic acids is 4. The van der Waals surface area contributed by atoms with Gasteiger partial charge in [0.25, 0.3) is 0 Å². The Morgan fingerprint density at radius 2 is 1.17 bits per heavy atom. The fourth-order valence-corrected chi connectivity index (χ4v) is 3.38. The lowest BCUT2D eigenvalue weighted by atomic mass is 10.1. The van der Waals surface area contributed by atoms with Crippen LogP contribution in [0.25, 0.3) is 0 Å². The molecule has 1 N–H and O–H groups in total. The molecule has 4 atom stereocenters. The lowest BCUT2D eigenvalue weighted by molar-refractivity contribution is -0.134. The van der Waals surface area contributed by atoms with Crippen LogP contribution < -0.4 is 5.32 Å². The van der Waals surface area contributed by atoms with E-state index in [4.69, 9.17) is 0 Å². The van der Waals surface area contributed by atoms with Gasteiger partial charge in [0.05, 0.1) is 12.8 Å². The largest absolute Gasteiger partial charge is 0.299 e. The van der Waals surface area contributed by atoms with Gasteiger partial charge in [-0.15, -0.1) is 0 Å². The number of hydrogen-bond acceptors (Lipinski definition) is 4. The first kappa shape index (κ1) is 18.6. The Hall–Kier alpha value is -0.700. The minimum Gasteiger partial charge on any atom is -0.299 e. The van der Waals surface area contributed by atoms with E-state index in [-0.39, 0.29) is 25.7 Å². The van der Waals surface area contributed by atoms with E-state index in [2.05, 4.69) is 31.9 Å². The second-order valence-corrected chi connectivity index (χ2v) is 8.77. The zero-order valence-corrected chi connectivity index (χ0v) is 15.2. The van der Waals surface area contributed by atoms with E-state index >= 15 is 0 Å². The van der Waals surface area contributed by atoms with Gasteiger partial charge in [0, 0.05) is 24.7 Å². The highest BCUT2D eigenvalue weighted by Crippen LogP contribution is 2.55. The first-order valence-corrected chi connectivity index (χ1v) is 8.70. The van der Waals surface area contributed by atoms with Crippen LogP contribution in [-0.2, 0) is 19.2 Å². The van der Waals surface area contributed by atoms with Crippen molar-refractivity contribution in [1.29, 1.82) is 0 Å². The van der Waals surface area contributed by atoms with E-state index in [1.54, 1.807) is 0 Å². The van der Waals surface area contributed by atoms with Crippen molar-refractivity contribution in [1.82, 2.24) is 5.32 Å². The highest BCUT2D eigenvalue weighted by molar-refractivity contribution is 9.10. The smallest absolute Gasteiger partial charge is 0.234 e. The minimum absolute atomic E-state index is 0.0756. The van der Waals surface area contributed by atoms with Crippen LogP contribution in [0.3, 0.4) is 0 Å². The number of amides is 2. The third-order valence-electron chi connectivity index (χ3n) is 3.85. The number of alkyl halides is 4. The molecular weight excluding hydrogens is 444 g/mol. The Morgan fingerprint density at radius 1 is 0.870 bits per heavy atom. The van der Waals surface area contributed by atoms with Crippen LogP contribution in [-0.4, -0.2) is 32.5 Å². The molecular formula is C14H15Br2F2NO4. The van der Waals surface area contributed by atoms with E-state index < -0.39 is 57.2 Å². The summed E-state index contributed by atoms with van der Waals surface area (Å²) in [5.74, 6) is -3.46. The van der Waals surface area contributed by atoms with Crippen molar-refractivity contribution in [3.05, 3.63) is 0 Å². The molecule has 2 rings (SSSR count). The molecule has 2 fully saturated rings. The minimum atomic E-state index is -1.52. The number of nitrogens with one attached hydrogen (secondary N) is 1. The number of ketones is 2. The fraction of sp³-hybridized carbons (Fsp3) is 0.714. The summed E-state index contributed by atoms with van der Waals surface area (Å²) in [6, 6.07) is 0. The highest BCUT2D eigenvalue weighted by atomic mass is 79.9. The molecule has 9 heteroatoms. The number of hydrogen-bond donors (Lipinski definition) is 1. The number of Topliss-reactive ketones (excluding diaryl/α,β-unsaturated/α-hetero) is 2. The zero-order chi connectivity index (χ0) is 17.4. The predicted octanol–water partition coefficient (Wildman–Crippen LogP) is 2.49. The molecule has 4 unspecified atom stereocenters. The predicted molar refractivity (Wildman–Crippen MR) is 83.4 cm³/mol. The van der Waals surface area contributed by atoms with Gasteiger partial charge in [-0.2, -0.15) is 0 Å². The summed E-state index contributed by atoms with van der Waals surface area (Å²) >= 11 is 5.61. The van der Waals surface area contributed by atoms with Crippen molar-refractivity contribution < 1.29 is 28.0 Å². The summed E-state index contributed by atoms with van der Waals surface area (Å²) in [6.07, 6.45) is -0.771. The van der Waals surface area contributed by atoms with Gasteiger partial charge < -0.3 is 0 Å². The fourth-order valence-electron chi connectivity index (χ4n) is 2.28. The molecule has 5 nitrogen and oxygen atoms in total. The van der Waals surface area contributed by atoms with Crippen LogP contribution in [0.2, 0.25) is 0 Å². The van der Waals surface area contributed by atoms with Crippen LogP contribution in [0.4, 0.5) is 8.78 Å². The Balaban J connectivity index is 1.63. The molecule has 2 amide bonds. The summed E-state index contributed by atoms with van der Waals surface area (Å²) < 4.78 is 23.4. The monoisotopic (exact) mass is 457 g/mol. The lowest BCUT2D eigenvalue weighted by Gasteiger charge is -2.04. The quantitative estimate of drug-likeness (QED) is 0.447. The number of imide groups is 1. The third-order valence-corrected chi connectivity index (χ3v) is 5.80. The van der Waals surface area contributed by atoms with Gasteiger partial charge in [-0.3, -0.25) is 24.5 Å². The molecule has 0 aromatic rings. The first-order chi connectivity index (χ1) is 10.5. The molecule has 0 bridgehead atoms. The van der Waals surface area contributed by atoms with Gasteiger partial charge in [-0.1, -0.05) is 0 Å². The lowest BCUT2D eigenvalue weighted by Crippen LogP contribution is -2.33. The van der Waals surface area contributed by atoms with Gasteiger partial charge in [0.2, 0.25) is 11.8 Å². The van der Waals surface area contributed by atoms with E-state index in [1.165, 1.54) is 0 Å². The van der Waals surface area contributed by atoms with Crippen molar-refractivity contribution >= 4 is 55.2 Å². The number of halogens is 4. The topological polar surface area (TPSA) is 80.3 Å². The Kier molecular flexibility index (Phi) is 5.40. The maximum absolute atomic E-state index is 13.2. The summed E-state index contributed by atoms with van der Waals surface area (Å²) in [6.45, 7) is 0. The Morgan fingerprint density at radius 3 is 1.43 bits per heavy atom. The van der Waals surface area contributed by atoms with Crippen molar-refractivity contribution in [3.63, 3.8) is 0 Å². The van der Waals surface area contributed by atoms with Crippen LogP contribution in [0, 0.1) is 11.8 Å². The molecule has 0 radical (unpaired) electrons. The molecule has 2 aliphatic rings. The van der Waals surface area contributed by atoms with Crippen LogP contribution in [0.15, 0.2) is 0 Å². The standard InChI is InChI=1S/C14H15Br2F2NO4/c15-13(17)5-7(13)1-9(20)3-11(22)19-12(23)4-10(21)2-8-6-14(8,16)18/h7-8H,1-6H2,(H,19,22,23). The first-order valence-electron chi connectivity index (χ1n) is 7.11. The van der Waals surface area contributed by atoms with Crippen LogP contribution in [0.1, 0.15) is 38.5 Å². The maximum Gasteiger partial charge on any atom is 0.234 e. The normalized spacial score (nSPS) is 34.6. The average molecular weight is 459 g/mol. The Bertz CT molecular complexity index is 517. The van der Waals surface area contributed by atoms with Gasteiger partial charge in [0.15, 0.2) is 9.16 Å². The van der Waals surface area contributed by atoms with Crippen LogP contribution in [0.5, 0.6) is 0 Å².